The van der Waals surface area contributed by atoms with Gasteiger partial charge in [0.2, 0.25) is 5.91 Å². The molecule has 0 saturated carbocycles. The zero-order chi connectivity index (χ0) is 19.5. The Morgan fingerprint density at radius 2 is 1.56 bits per heavy atom. The number of carbonyl (C=O) groups is 2. The van der Waals surface area contributed by atoms with Gasteiger partial charge < -0.3 is 24.8 Å². The molecule has 144 valence electrons. The number of carbonyl (C=O) groups excluding carboxylic acids is 2. The van der Waals surface area contributed by atoms with Crippen LogP contribution in [0.2, 0.25) is 0 Å². The van der Waals surface area contributed by atoms with Crippen LogP contribution in [-0.4, -0.2) is 38.2 Å². The number of hydrogen-bond donors (Lipinski definition) is 2. The van der Waals surface area contributed by atoms with E-state index in [1.54, 1.807) is 30.3 Å². The molecule has 0 radical (unpaired) electrons. The summed E-state index contributed by atoms with van der Waals surface area (Å²) in [6.45, 7) is 4.43. The van der Waals surface area contributed by atoms with E-state index in [1.165, 1.54) is 0 Å². The Balaban J connectivity index is 1.80. The predicted octanol–water partition coefficient (Wildman–Crippen LogP) is 2.62. The number of para-hydroxylation sites is 1. The van der Waals surface area contributed by atoms with Crippen molar-refractivity contribution in [1.29, 1.82) is 0 Å². The van der Waals surface area contributed by atoms with Gasteiger partial charge in [0.15, 0.2) is 18.1 Å². The molecule has 0 aliphatic rings. The molecule has 0 spiro atoms. The third-order valence-electron chi connectivity index (χ3n) is 3.39. The van der Waals surface area contributed by atoms with Crippen molar-refractivity contribution in [2.24, 2.45) is 0 Å². The molecule has 0 aromatic heterocycles. The van der Waals surface area contributed by atoms with Crippen LogP contribution >= 0.6 is 0 Å². The first kappa shape index (κ1) is 20.1. The molecule has 0 atom stereocenters. The van der Waals surface area contributed by atoms with E-state index in [-0.39, 0.29) is 25.0 Å². The molecule has 2 rings (SSSR count). The Labute approximate surface area is 158 Å². The number of nitrogens with one attached hydrogen (secondary N) is 2. The lowest BCUT2D eigenvalue weighted by Gasteiger charge is -2.13. The van der Waals surface area contributed by atoms with Gasteiger partial charge in [-0.3, -0.25) is 9.59 Å². The summed E-state index contributed by atoms with van der Waals surface area (Å²) in [5.74, 6) is 1.03. The van der Waals surface area contributed by atoms with Crippen LogP contribution in [-0.2, 0) is 9.59 Å². The van der Waals surface area contributed by atoms with Gasteiger partial charge in [-0.25, -0.2) is 0 Å². The molecule has 2 amide bonds. The summed E-state index contributed by atoms with van der Waals surface area (Å²) in [5, 5.41) is 5.22. The molecule has 7 heteroatoms. The van der Waals surface area contributed by atoms with Crippen molar-refractivity contribution in [1.82, 2.24) is 5.32 Å². The maximum absolute atomic E-state index is 12.0. The first-order chi connectivity index (χ1) is 13.1. The van der Waals surface area contributed by atoms with Crippen LogP contribution in [0.25, 0.3) is 0 Å². The van der Waals surface area contributed by atoms with Gasteiger partial charge in [0, 0.05) is 11.8 Å². The number of ether oxygens (including phenoxy) is 3. The van der Waals surface area contributed by atoms with Crippen molar-refractivity contribution >= 4 is 17.5 Å². The van der Waals surface area contributed by atoms with Crippen LogP contribution in [0.15, 0.2) is 48.5 Å². The minimum absolute atomic E-state index is 0.158. The van der Waals surface area contributed by atoms with Crippen LogP contribution in [0.5, 0.6) is 17.2 Å². The molecule has 0 bridgehead atoms. The SMILES string of the molecule is CCOc1ccc(NC(=O)CNC(=O)COc2ccccc2)cc1OCC. The molecule has 7 nitrogen and oxygen atoms in total. The van der Waals surface area contributed by atoms with Crippen LogP contribution in [0.1, 0.15) is 13.8 Å². The molecule has 0 saturated heterocycles. The molecule has 2 N–H and O–H groups in total. The molecule has 0 unspecified atom stereocenters. The molecular formula is C20H24N2O5. The largest absolute Gasteiger partial charge is 0.490 e. The monoisotopic (exact) mass is 372 g/mol. The minimum atomic E-state index is -0.379. The normalized spacial score (nSPS) is 10.0. The highest BCUT2D eigenvalue weighted by Gasteiger charge is 2.10. The Morgan fingerprint density at radius 3 is 2.26 bits per heavy atom. The number of anilines is 1. The average Bonchev–Trinajstić information content (AvgIpc) is 2.68. The molecule has 2 aromatic rings. The highest BCUT2D eigenvalue weighted by molar-refractivity contribution is 5.94. The number of hydrogen-bond acceptors (Lipinski definition) is 5. The maximum atomic E-state index is 12.0. The van der Waals surface area contributed by atoms with Gasteiger partial charge in [-0.2, -0.15) is 0 Å². The summed E-state index contributed by atoms with van der Waals surface area (Å²) in [5.41, 5.74) is 0.557. The lowest BCUT2D eigenvalue weighted by atomic mass is 10.2. The van der Waals surface area contributed by atoms with Crippen LogP contribution in [0, 0.1) is 0 Å². The van der Waals surface area contributed by atoms with E-state index in [9.17, 15) is 9.59 Å². The van der Waals surface area contributed by atoms with Gasteiger partial charge in [-0.1, -0.05) is 18.2 Å². The van der Waals surface area contributed by atoms with Crippen molar-refractivity contribution in [3.05, 3.63) is 48.5 Å². The summed E-state index contributed by atoms with van der Waals surface area (Å²) in [6.07, 6.45) is 0. The first-order valence-corrected chi connectivity index (χ1v) is 8.76. The third kappa shape index (κ3) is 6.89. The molecule has 0 fully saturated rings. The Hall–Kier alpha value is -3.22. The van der Waals surface area contributed by atoms with E-state index in [0.29, 0.717) is 36.1 Å². The smallest absolute Gasteiger partial charge is 0.258 e. The zero-order valence-corrected chi connectivity index (χ0v) is 15.5. The summed E-state index contributed by atoms with van der Waals surface area (Å²) in [6, 6.07) is 14.1. The first-order valence-electron chi connectivity index (χ1n) is 8.76. The predicted molar refractivity (Wildman–Crippen MR) is 102 cm³/mol. The van der Waals surface area contributed by atoms with Gasteiger partial charge in [0.05, 0.1) is 19.8 Å². The second-order valence-corrected chi connectivity index (χ2v) is 5.45. The standard InChI is InChI=1S/C20H24N2O5/c1-3-25-17-11-10-15(12-18(17)26-4-2)22-19(23)13-21-20(24)14-27-16-8-6-5-7-9-16/h5-12H,3-4,13-14H2,1-2H3,(H,21,24)(H,22,23). The van der Waals surface area contributed by atoms with Gasteiger partial charge in [0.1, 0.15) is 5.75 Å². The molecule has 0 heterocycles. The molecule has 27 heavy (non-hydrogen) atoms. The van der Waals surface area contributed by atoms with E-state index in [4.69, 9.17) is 14.2 Å². The van der Waals surface area contributed by atoms with E-state index < -0.39 is 0 Å². The van der Waals surface area contributed by atoms with Crippen molar-refractivity contribution in [3.8, 4) is 17.2 Å². The molecule has 2 aromatic carbocycles. The van der Waals surface area contributed by atoms with Crippen LogP contribution in [0.3, 0.4) is 0 Å². The maximum Gasteiger partial charge on any atom is 0.258 e. The van der Waals surface area contributed by atoms with Gasteiger partial charge in [0.25, 0.3) is 5.91 Å². The van der Waals surface area contributed by atoms with Crippen LogP contribution in [0.4, 0.5) is 5.69 Å². The highest BCUT2D eigenvalue weighted by Crippen LogP contribution is 2.30. The van der Waals surface area contributed by atoms with Crippen molar-refractivity contribution in [3.63, 3.8) is 0 Å². The van der Waals surface area contributed by atoms with Crippen LogP contribution < -0.4 is 24.8 Å². The minimum Gasteiger partial charge on any atom is -0.490 e. The average molecular weight is 372 g/mol. The second kappa shape index (κ2) is 10.7. The fourth-order valence-electron chi connectivity index (χ4n) is 2.23. The van der Waals surface area contributed by atoms with E-state index in [1.807, 2.05) is 32.0 Å². The summed E-state index contributed by atoms with van der Waals surface area (Å²) >= 11 is 0. The topological polar surface area (TPSA) is 85.9 Å². The third-order valence-corrected chi connectivity index (χ3v) is 3.39. The van der Waals surface area contributed by atoms with E-state index in [0.717, 1.165) is 0 Å². The van der Waals surface area contributed by atoms with Gasteiger partial charge in [-0.15, -0.1) is 0 Å². The Kier molecular flexibility index (Phi) is 7.96. The molecule has 0 aliphatic carbocycles. The fourth-order valence-corrected chi connectivity index (χ4v) is 2.23. The van der Waals surface area contributed by atoms with Crippen molar-refractivity contribution in [2.45, 2.75) is 13.8 Å². The molecular weight excluding hydrogens is 348 g/mol. The van der Waals surface area contributed by atoms with E-state index >= 15 is 0 Å². The zero-order valence-electron chi connectivity index (χ0n) is 15.5. The number of benzene rings is 2. The number of rotatable bonds is 10. The van der Waals surface area contributed by atoms with Crippen molar-refractivity contribution < 1.29 is 23.8 Å². The summed E-state index contributed by atoms with van der Waals surface area (Å²) in [7, 11) is 0. The Bertz CT molecular complexity index is 749. The Morgan fingerprint density at radius 1 is 0.852 bits per heavy atom. The summed E-state index contributed by atoms with van der Waals surface area (Å²) in [4.78, 5) is 23.8. The highest BCUT2D eigenvalue weighted by atomic mass is 16.5. The van der Waals surface area contributed by atoms with E-state index in [2.05, 4.69) is 10.6 Å². The number of amides is 2. The molecule has 0 aliphatic heterocycles. The second-order valence-electron chi connectivity index (χ2n) is 5.45. The van der Waals surface area contributed by atoms with Gasteiger partial charge in [-0.05, 0) is 38.1 Å². The lowest BCUT2D eigenvalue weighted by molar-refractivity contribution is -0.125. The summed E-state index contributed by atoms with van der Waals surface area (Å²) < 4.78 is 16.3. The van der Waals surface area contributed by atoms with Gasteiger partial charge >= 0.3 is 0 Å². The fraction of sp³-hybridized carbons (Fsp3) is 0.300. The lowest BCUT2D eigenvalue weighted by Crippen LogP contribution is -2.35. The van der Waals surface area contributed by atoms with Crippen molar-refractivity contribution in [2.75, 3.05) is 31.7 Å². The quantitative estimate of drug-likeness (QED) is 0.670.